The molecule has 12 heteroatoms. The Labute approximate surface area is 190 Å². The van der Waals surface area contributed by atoms with Crippen molar-refractivity contribution in [3.05, 3.63) is 92.9 Å². The predicted molar refractivity (Wildman–Crippen MR) is 114 cm³/mol. The normalized spacial score (nSPS) is 10.2. The number of nitrogens with one attached hydrogen (secondary N) is 2. The van der Waals surface area contributed by atoms with Crippen molar-refractivity contribution in [2.24, 2.45) is 0 Å². The first-order valence-corrected chi connectivity index (χ1v) is 9.53. The van der Waals surface area contributed by atoms with E-state index < -0.39 is 35.2 Å². The van der Waals surface area contributed by atoms with E-state index in [0.717, 1.165) is 12.1 Å². The molecule has 3 amide bonds. The lowest BCUT2D eigenvalue weighted by molar-refractivity contribution is -0.384. The first kappa shape index (κ1) is 23.2. The minimum Gasteiger partial charge on any atom is -0.459 e. The molecule has 3 rings (SSSR count). The average molecular weight is 472 g/mol. The van der Waals surface area contributed by atoms with Gasteiger partial charge in [-0.25, -0.2) is 4.79 Å². The van der Waals surface area contributed by atoms with Crippen molar-refractivity contribution in [2.45, 2.75) is 0 Å². The van der Waals surface area contributed by atoms with Crippen LogP contribution in [0.4, 0.5) is 11.4 Å². The lowest BCUT2D eigenvalue weighted by Crippen LogP contribution is -2.34. The lowest BCUT2D eigenvalue weighted by Gasteiger charge is -2.11. The summed E-state index contributed by atoms with van der Waals surface area (Å²) in [5.74, 6) is -3.44. The van der Waals surface area contributed by atoms with Crippen LogP contribution in [-0.2, 0) is 9.53 Å². The van der Waals surface area contributed by atoms with Crippen LogP contribution < -0.4 is 10.6 Å². The molecule has 0 atom stereocenters. The van der Waals surface area contributed by atoms with Crippen LogP contribution in [0.5, 0.6) is 0 Å². The number of nitro benzene ring substituents is 1. The van der Waals surface area contributed by atoms with Gasteiger partial charge in [0.25, 0.3) is 23.4 Å². The predicted octanol–water partition coefficient (Wildman–Crippen LogP) is 3.21. The van der Waals surface area contributed by atoms with Crippen molar-refractivity contribution in [1.29, 1.82) is 0 Å². The number of carbonyl (C=O) groups excluding carboxylic acids is 4. The monoisotopic (exact) mass is 471 g/mol. The van der Waals surface area contributed by atoms with Crippen LogP contribution in [0, 0.1) is 10.1 Å². The van der Waals surface area contributed by atoms with Crippen LogP contribution in [-0.4, -0.2) is 35.2 Å². The molecule has 0 saturated heterocycles. The van der Waals surface area contributed by atoms with Gasteiger partial charge in [-0.2, -0.15) is 0 Å². The fourth-order valence-corrected chi connectivity index (χ4v) is 2.86. The maximum absolute atomic E-state index is 12.6. The third-order valence-electron chi connectivity index (χ3n) is 4.14. The molecule has 11 nitrogen and oxygen atoms in total. The average Bonchev–Trinajstić information content (AvgIpc) is 3.33. The highest BCUT2D eigenvalue weighted by atomic mass is 35.5. The number of anilines is 1. The van der Waals surface area contributed by atoms with E-state index in [1.165, 1.54) is 42.7 Å². The number of nitrogens with zero attached hydrogens (tertiary/aromatic N) is 1. The Hall–Kier alpha value is -4.51. The number of hydrogen-bond donors (Lipinski definition) is 2. The molecular weight excluding hydrogens is 458 g/mol. The van der Waals surface area contributed by atoms with Crippen molar-refractivity contribution < 1.29 is 33.3 Å². The first-order chi connectivity index (χ1) is 15.8. The van der Waals surface area contributed by atoms with Gasteiger partial charge in [0.15, 0.2) is 12.4 Å². The summed E-state index contributed by atoms with van der Waals surface area (Å²) in [6.45, 7) is -0.762. The summed E-state index contributed by atoms with van der Waals surface area (Å²) < 4.78 is 9.77. The number of carbonyl (C=O) groups is 4. The van der Waals surface area contributed by atoms with Gasteiger partial charge >= 0.3 is 5.97 Å². The number of imide groups is 1. The number of non-ortho nitro benzene ring substituents is 1. The summed E-state index contributed by atoms with van der Waals surface area (Å²) in [6, 6.07) is 11.9. The van der Waals surface area contributed by atoms with Gasteiger partial charge in [0, 0.05) is 12.1 Å². The summed E-state index contributed by atoms with van der Waals surface area (Å²) in [4.78, 5) is 58.8. The zero-order chi connectivity index (χ0) is 24.0. The summed E-state index contributed by atoms with van der Waals surface area (Å²) in [6.07, 6.45) is 1.26. The van der Waals surface area contributed by atoms with Crippen LogP contribution in [0.25, 0.3) is 0 Å². The highest BCUT2D eigenvalue weighted by Crippen LogP contribution is 2.24. The van der Waals surface area contributed by atoms with Crippen LogP contribution in [0.3, 0.4) is 0 Å². The molecule has 1 heterocycles. The van der Waals surface area contributed by atoms with Crippen LogP contribution >= 0.6 is 11.6 Å². The number of furan rings is 1. The Morgan fingerprint density at radius 3 is 2.42 bits per heavy atom. The second kappa shape index (κ2) is 10.2. The van der Waals surface area contributed by atoms with Gasteiger partial charge in [0.2, 0.25) is 0 Å². The number of amides is 3. The quantitative estimate of drug-likeness (QED) is 0.302. The van der Waals surface area contributed by atoms with Crippen molar-refractivity contribution >= 4 is 46.7 Å². The highest BCUT2D eigenvalue weighted by Gasteiger charge is 2.20. The van der Waals surface area contributed by atoms with Gasteiger partial charge < -0.3 is 14.5 Å². The third kappa shape index (κ3) is 5.80. The van der Waals surface area contributed by atoms with E-state index in [0.29, 0.717) is 0 Å². The molecule has 0 aliphatic rings. The van der Waals surface area contributed by atoms with Gasteiger partial charge in [-0.15, -0.1) is 0 Å². The highest BCUT2D eigenvalue weighted by molar-refractivity contribution is 6.34. The maximum atomic E-state index is 12.6. The lowest BCUT2D eigenvalue weighted by atomic mass is 10.1. The number of nitro groups is 1. The Bertz CT molecular complexity index is 1240. The number of ether oxygens (including phenoxy) is 1. The second-order valence-electron chi connectivity index (χ2n) is 6.35. The molecule has 0 bridgehead atoms. The number of rotatable bonds is 7. The molecule has 0 unspecified atom stereocenters. The van der Waals surface area contributed by atoms with Crippen molar-refractivity contribution in [1.82, 2.24) is 5.32 Å². The van der Waals surface area contributed by atoms with Crippen molar-refractivity contribution in [2.75, 3.05) is 11.9 Å². The fourth-order valence-electron chi connectivity index (χ4n) is 2.60. The van der Waals surface area contributed by atoms with Gasteiger partial charge in [0.1, 0.15) is 0 Å². The zero-order valence-electron chi connectivity index (χ0n) is 16.6. The summed E-state index contributed by atoms with van der Waals surface area (Å²) in [5, 5.41) is 15.1. The molecule has 168 valence electrons. The smallest absolute Gasteiger partial charge is 0.340 e. The Morgan fingerprint density at radius 2 is 1.76 bits per heavy atom. The molecule has 2 N–H and O–H groups in total. The molecule has 0 fully saturated rings. The van der Waals surface area contributed by atoms with Gasteiger partial charge in [-0.1, -0.05) is 23.7 Å². The van der Waals surface area contributed by atoms with Crippen molar-refractivity contribution in [3.63, 3.8) is 0 Å². The molecule has 33 heavy (non-hydrogen) atoms. The van der Waals surface area contributed by atoms with Crippen LogP contribution in [0.2, 0.25) is 5.02 Å². The van der Waals surface area contributed by atoms with Crippen molar-refractivity contribution in [3.8, 4) is 0 Å². The van der Waals surface area contributed by atoms with Crippen LogP contribution in [0.1, 0.15) is 31.3 Å². The number of esters is 1. The molecule has 0 aliphatic carbocycles. The van der Waals surface area contributed by atoms with E-state index in [9.17, 15) is 29.3 Å². The Morgan fingerprint density at radius 1 is 1.00 bits per heavy atom. The molecule has 0 spiro atoms. The minimum absolute atomic E-state index is 0.0500. The molecule has 2 aromatic carbocycles. The minimum atomic E-state index is -0.943. The molecule has 0 aliphatic heterocycles. The number of para-hydroxylation sites is 1. The van der Waals surface area contributed by atoms with E-state index in [-0.39, 0.29) is 33.3 Å². The third-order valence-corrected chi connectivity index (χ3v) is 4.45. The van der Waals surface area contributed by atoms with Gasteiger partial charge in [-0.05, 0) is 30.3 Å². The van der Waals surface area contributed by atoms with Gasteiger partial charge in [-0.3, -0.25) is 29.8 Å². The zero-order valence-corrected chi connectivity index (χ0v) is 17.3. The molecule has 1 aromatic heterocycles. The van der Waals surface area contributed by atoms with E-state index in [2.05, 4.69) is 5.32 Å². The molecular formula is C21H14ClN3O8. The van der Waals surface area contributed by atoms with E-state index >= 15 is 0 Å². The number of benzene rings is 2. The molecule has 3 aromatic rings. The van der Waals surface area contributed by atoms with E-state index in [1.54, 1.807) is 6.07 Å². The largest absolute Gasteiger partial charge is 0.459 e. The maximum Gasteiger partial charge on any atom is 0.340 e. The molecule has 0 radical (unpaired) electrons. The summed E-state index contributed by atoms with van der Waals surface area (Å²) >= 11 is 5.96. The van der Waals surface area contributed by atoms with E-state index in [1.807, 2.05) is 5.32 Å². The Balaban J connectivity index is 1.65. The molecule has 0 saturated carbocycles. The first-order valence-electron chi connectivity index (χ1n) is 9.15. The van der Waals surface area contributed by atoms with E-state index in [4.69, 9.17) is 20.8 Å². The topological polar surface area (TPSA) is 158 Å². The fraction of sp³-hybridized carbons (Fsp3) is 0.0476. The Kier molecular flexibility index (Phi) is 7.16. The number of halogens is 1. The standard InChI is InChI=1S/C21H14ClN3O8/c22-15-10-12(25(30)31)7-8-13(15)19(27)23-16-5-2-1-4-14(16)21(29)33-11-18(26)24-20(28)17-6-3-9-32-17/h1-10H,11H2,(H,23,27)(H,24,26,28). The summed E-state index contributed by atoms with van der Waals surface area (Å²) in [5.41, 5.74) is -0.367. The van der Waals surface area contributed by atoms with Crippen LogP contribution in [0.15, 0.2) is 65.3 Å². The second-order valence-corrected chi connectivity index (χ2v) is 6.76. The SMILES string of the molecule is O=C(COC(=O)c1ccccc1NC(=O)c1ccc([N+](=O)[O-])cc1Cl)NC(=O)c1ccco1. The number of hydrogen-bond acceptors (Lipinski definition) is 8. The van der Waals surface area contributed by atoms with Gasteiger partial charge in [0.05, 0.1) is 33.0 Å². The summed E-state index contributed by atoms with van der Waals surface area (Å²) in [7, 11) is 0.